The molecule has 0 saturated carbocycles. The number of anilines is 1. The van der Waals surface area contributed by atoms with Gasteiger partial charge in [-0.1, -0.05) is 12.1 Å². The van der Waals surface area contributed by atoms with Gasteiger partial charge in [0.2, 0.25) is 0 Å². The molecule has 3 aliphatic heterocycles. The van der Waals surface area contributed by atoms with Gasteiger partial charge >= 0.3 is 0 Å². The van der Waals surface area contributed by atoms with Gasteiger partial charge in [0.15, 0.2) is 0 Å². The lowest BCUT2D eigenvalue weighted by Gasteiger charge is -2.38. The number of pyridine rings is 2. The Hall–Kier alpha value is -1.60. The quantitative estimate of drug-likeness (QED) is 0.796. The molecular weight excluding hydrogens is 409 g/mol. The number of piperidine rings is 1. The predicted molar refractivity (Wildman–Crippen MR) is 121 cm³/mol. The number of fused-ring (bicyclic) bond motifs is 4. The Kier molecular flexibility index (Phi) is 7.22. The van der Waals surface area contributed by atoms with E-state index in [-0.39, 0.29) is 30.4 Å². The minimum absolute atomic E-state index is 0. The molecule has 0 amide bonds. The predicted octanol–water partition coefficient (Wildman–Crippen LogP) is 2.12. The first-order valence-corrected chi connectivity index (χ1v) is 10.1. The molecule has 29 heavy (non-hydrogen) atoms. The summed E-state index contributed by atoms with van der Waals surface area (Å²) in [4.78, 5) is 22.3. The van der Waals surface area contributed by atoms with Crippen LogP contribution >= 0.6 is 24.8 Å². The highest BCUT2D eigenvalue weighted by Crippen LogP contribution is 2.31. The summed E-state index contributed by atoms with van der Waals surface area (Å²) in [6.07, 6.45) is 3.07. The molecule has 2 aromatic heterocycles. The molecule has 2 saturated heterocycles. The third kappa shape index (κ3) is 4.45. The summed E-state index contributed by atoms with van der Waals surface area (Å²) >= 11 is 0. The van der Waals surface area contributed by atoms with Gasteiger partial charge in [-0.15, -0.1) is 24.8 Å². The maximum atomic E-state index is 13.1. The fraction of sp³-hybridized carbons (Fsp3) is 0.524. The molecule has 0 aliphatic carbocycles. The third-order valence-electron chi connectivity index (χ3n) is 6.33. The number of halogens is 2. The minimum Gasteiger partial charge on any atom is -0.354 e. The van der Waals surface area contributed by atoms with Gasteiger partial charge in [0.25, 0.3) is 5.56 Å². The standard InChI is InChI=1S/C21H27N5O.2ClH/c27-21-17(4-5-19-18-11-16(12-22-13-18)14-26(19)21)15-24-7-9-25(10-8-24)20-3-1-2-6-23-20;;/h1-6,16,18,22H,7-15H2;2*1H/t16-,18+;;/m0../s1. The molecule has 2 aromatic rings. The fourth-order valence-electron chi connectivity index (χ4n) is 4.87. The second-order valence-electron chi connectivity index (χ2n) is 8.11. The maximum Gasteiger partial charge on any atom is 0.255 e. The first kappa shape index (κ1) is 22.1. The molecule has 8 heteroatoms. The Bertz CT molecular complexity index is 867. The Morgan fingerprint density at radius 1 is 1.03 bits per heavy atom. The van der Waals surface area contributed by atoms with Gasteiger partial charge in [0.1, 0.15) is 5.82 Å². The van der Waals surface area contributed by atoms with E-state index in [1.165, 1.54) is 12.1 Å². The van der Waals surface area contributed by atoms with Gasteiger partial charge in [0, 0.05) is 69.2 Å². The molecule has 3 aliphatic rings. The highest BCUT2D eigenvalue weighted by atomic mass is 35.5. The van der Waals surface area contributed by atoms with Crippen LogP contribution in [0.3, 0.4) is 0 Å². The Balaban J connectivity index is 0.00000120. The molecule has 0 unspecified atom stereocenters. The van der Waals surface area contributed by atoms with E-state index in [0.717, 1.165) is 63.7 Å². The zero-order chi connectivity index (χ0) is 18.2. The van der Waals surface area contributed by atoms with Crippen molar-refractivity contribution in [3.05, 3.63) is 58.1 Å². The first-order valence-electron chi connectivity index (χ1n) is 10.1. The van der Waals surface area contributed by atoms with Crippen LogP contribution in [0.2, 0.25) is 0 Å². The largest absolute Gasteiger partial charge is 0.354 e. The summed E-state index contributed by atoms with van der Waals surface area (Å²) in [7, 11) is 0. The van der Waals surface area contributed by atoms with Crippen LogP contribution in [0.15, 0.2) is 41.3 Å². The van der Waals surface area contributed by atoms with Gasteiger partial charge in [0.05, 0.1) is 0 Å². The normalized spacial score (nSPS) is 23.5. The van der Waals surface area contributed by atoms with E-state index in [0.29, 0.717) is 11.8 Å². The maximum absolute atomic E-state index is 13.1. The van der Waals surface area contributed by atoms with Crippen molar-refractivity contribution in [2.75, 3.05) is 44.2 Å². The molecule has 5 heterocycles. The van der Waals surface area contributed by atoms with Crippen molar-refractivity contribution in [1.29, 1.82) is 0 Å². The van der Waals surface area contributed by atoms with Gasteiger partial charge in [-0.3, -0.25) is 9.69 Å². The monoisotopic (exact) mass is 437 g/mol. The van der Waals surface area contributed by atoms with E-state index >= 15 is 0 Å². The van der Waals surface area contributed by atoms with Gasteiger partial charge in [-0.2, -0.15) is 0 Å². The highest BCUT2D eigenvalue weighted by molar-refractivity contribution is 5.85. The summed E-state index contributed by atoms with van der Waals surface area (Å²) < 4.78 is 2.07. The van der Waals surface area contributed by atoms with Crippen molar-refractivity contribution in [2.24, 2.45) is 5.92 Å². The third-order valence-corrected chi connectivity index (χ3v) is 6.33. The summed E-state index contributed by atoms with van der Waals surface area (Å²) in [6.45, 7) is 7.52. The molecule has 1 N–H and O–H groups in total. The van der Waals surface area contributed by atoms with E-state index in [9.17, 15) is 4.79 Å². The van der Waals surface area contributed by atoms with Crippen LogP contribution in [-0.2, 0) is 13.1 Å². The van der Waals surface area contributed by atoms with Crippen molar-refractivity contribution in [1.82, 2.24) is 19.8 Å². The number of rotatable bonds is 3. The van der Waals surface area contributed by atoms with Crippen LogP contribution in [-0.4, -0.2) is 53.7 Å². The van der Waals surface area contributed by atoms with Crippen molar-refractivity contribution in [3.8, 4) is 0 Å². The van der Waals surface area contributed by atoms with Crippen LogP contribution in [0.25, 0.3) is 0 Å². The van der Waals surface area contributed by atoms with Crippen LogP contribution in [0, 0.1) is 5.92 Å². The smallest absolute Gasteiger partial charge is 0.255 e. The number of hydrogen-bond donors (Lipinski definition) is 1. The van der Waals surface area contributed by atoms with Crippen LogP contribution < -0.4 is 15.8 Å². The van der Waals surface area contributed by atoms with Crippen molar-refractivity contribution in [3.63, 3.8) is 0 Å². The molecule has 0 aromatic carbocycles. The average Bonchev–Trinajstić information content (AvgIpc) is 2.72. The summed E-state index contributed by atoms with van der Waals surface area (Å²) in [5.74, 6) is 2.15. The number of nitrogens with zero attached hydrogens (tertiary/aromatic N) is 4. The lowest BCUT2D eigenvalue weighted by molar-refractivity contribution is 0.241. The van der Waals surface area contributed by atoms with Crippen molar-refractivity contribution >= 4 is 30.6 Å². The van der Waals surface area contributed by atoms with Crippen molar-refractivity contribution < 1.29 is 0 Å². The number of nitrogens with one attached hydrogen (secondary N) is 1. The lowest BCUT2D eigenvalue weighted by Crippen LogP contribution is -2.48. The van der Waals surface area contributed by atoms with Crippen LogP contribution in [0.4, 0.5) is 5.82 Å². The van der Waals surface area contributed by atoms with E-state index in [4.69, 9.17) is 0 Å². The lowest BCUT2D eigenvalue weighted by atomic mass is 9.84. The summed E-state index contributed by atoms with van der Waals surface area (Å²) in [5, 5.41) is 3.51. The molecule has 5 rings (SSSR count). The second-order valence-corrected chi connectivity index (χ2v) is 8.11. The number of hydrogen-bond acceptors (Lipinski definition) is 5. The van der Waals surface area contributed by atoms with E-state index in [2.05, 4.69) is 42.9 Å². The van der Waals surface area contributed by atoms with E-state index in [1.807, 2.05) is 18.3 Å². The molecule has 2 fully saturated rings. The Morgan fingerprint density at radius 3 is 2.62 bits per heavy atom. The van der Waals surface area contributed by atoms with E-state index < -0.39 is 0 Å². The summed E-state index contributed by atoms with van der Waals surface area (Å²) in [5.41, 5.74) is 2.40. The zero-order valence-electron chi connectivity index (χ0n) is 16.5. The molecule has 0 spiro atoms. The van der Waals surface area contributed by atoms with Crippen LogP contribution in [0.1, 0.15) is 23.6 Å². The van der Waals surface area contributed by atoms with Gasteiger partial charge in [-0.05, 0) is 37.1 Å². The van der Waals surface area contributed by atoms with Gasteiger partial charge in [-0.25, -0.2) is 4.98 Å². The molecule has 2 atom stereocenters. The van der Waals surface area contributed by atoms with Crippen molar-refractivity contribution in [2.45, 2.75) is 25.4 Å². The number of piperazine rings is 1. The molecule has 158 valence electrons. The van der Waals surface area contributed by atoms with Crippen LogP contribution in [0.5, 0.6) is 0 Å². The Morgan fingerprint density at radius 2 is 1.86 bits per heavy atom. The van der Waals surface area contributed by atoms with Gasteiger partial charge < -0.3 is 14.8 Å². The fourth-order valence-corrected chi connectivity index (χ4v) is 4.87. The second kappa shape index (κ2) is 9.47. The molecule has 0 radical (unpaired) electrons. The molecule has 2 bridgehead atoms. The first-order chi connectivity index (χ1) is 13.3. The Labute approximate surface area is 184 Å². The average molecular weight is 438 g/mol. The highest BCUT2D eigenvalue weighted by Gasteiger charge is 2.31. The zero-order valence-corrected chi connectivity index (χ0v) is 18.1. The molecular formula is C21H29Cl2N5O. The topological polar surface area (TPSA) is 53.4 Å². The summed E-state index contributed by atoms with van der Waals surface area (Å²) in [6, 6.07) is 10.3. The van der Waals surface area contributed by atoms with E-state index in [1.54, 1.807) is 0 Å². The SMILES string of the molecule is Cl.Cl.O=c1c(CN2CCN(c3ccccn3)CC2)ccc2n1C[C@@H]1CNC[C@H]2C1. The molecule has 6 nitrogen and oxygen atoms in total. The minimum atomic E-state index is 0. The number of aromatic nitrogens is 2.